The normalized spacial score (nSPS) is 19.0. The van der Waals surface area contributed by atoms with Crippen LogP contribution in [0.4, 0.5) is 0 Å². The Morgan fingerprint density at radius 3 is 2.39 bits per heavy atom. The molecule has 1 aromatic carbocycles. The van der Waals surface area contributed by atoms with Crippen LogP contribution in [0.2, 0.25) is 0 Å². The van der Waals surface area contributed by atoms with E-state index < -0.39 is 5.60 Å². The monoisotopic (exact) mass is 251 g/mol. The Morgan fingerprint density at radius 1 is 1.22 bits per heavy atom. The van der Waals surface area contributed by atoms with E-state index in [2.05, 4.69) is 5.16 Å². The van der Waals surface area contributed by atoms with Crippen LogP contribution in [-0.4, -0.2) is 30.7 Å². The van der Waals surface area contributed by atoms with E-state index >= 15 is 0 Å². The number of rotatable bonds is 2. The molecule has 0 saturated heterocycles. The molecule has 1 aromatic rings. The molecule has 5 heteroatoms. The maximum absolute atomic E-state index is 9.12. The minimum Gasteiger partial charge on any atom is -0.493 e. The SMILES string of the molecule is COc1cc2c(cc1OC)C(=NO)CC(C)(C)O2. The second-order valence-corrected chi connectivity index (χ2v) is 4.79. The number of nitrogens with zero attached hydrogens (tertiary/aromatic N) is 1. The summed E-state index contributed by atoms with van der Waals surface area (Å²) in [4.78, 5) is 0. The molecular formula is C13H17NO4. The van der Waals surface area contributed by atoms with E-state index in [0.717, 1.165) is 5.56 Å². The first-order chi connectivity index (χ1) is 8.50. The Balaban J connectivity index is 2.58. The van der Waals surface area contributed by atoms with Gasteiger partial charge in [-0.25, -0.2) is 0 Å². The van der Waals surface area contributed by atoms with Crippen molar-refractivity contribution in [3.8, 4) is 17.2 Å². The second-order valence-electron chi connectivity index (χ2n) is 4.79. The van der Waals surface area contributed by atoms with Crippen LogP contribution in [0.5, 0.6) is 17.2 Å². The molecule has 0 aromatic heterocycles. The molecular weight excluding hydrogens is 234 g/mol. The lowest BCUT2D eigenvalue weighted by molar-refractivity contribution is 0.109. The topological polar surface area (TPSA) is 60.3 Å². The first-order valence-corrected chi connectivity index (χ1v) is 5.67. The lowest BCUT2D eigenvalue weighted by Gasteiger charge is -2.33. The fourth-order valence-corrected chi connectivity index (χ4v) is 2.09. The lowest BCUT2D eigenvalue weighted by Crippen LogP contribution is -2.36. The molecule has 18 heavy (non-hydrogen) atoms. The van der Waals surface area contributed by atoms with Crippen LogP contribution < -0.4 is 14.2 Å². The quantitative estimate of drug-likeness (QED) is 0.648. The van der Waals surface area contributed by atoms with Crippen molar-refractivity contribution in [2.24, 2.45) is 5.16 Å². The second kappa shape index (κ2) is 4.40. The highest BCUT2D eigenvalue weighted by Crippen LogP contribution is 2.40. The van der Waals surface area contributed by atoms with Crippen LogP contribution in [-0.2, 0) is 0 Å². The van der Waals surface area contributed by atoms with Crippen molar-refractivity contribution in [2.45, 2.75) is 25.9 Å². The summed E-state index contributed by atoms with van der Waals surface area (Å²) in [6.07, 6.45) is 0.534. The lowest BCUT2D eigenvalue weighted by atomic mass is 9.92. The minimum absolute atomic E-state index is 0.409. The molecule has 0 atom stereocenters. The summed E-state index contributed by atoms with van der Waals surface area (Å²) in [5.74, 6) is 1.81. The molecule has 0 amide bonds. The highest BCUT2D eigenvalue weighted by molar-refractivity contribution is 6.04. The molecule has 0 radical (unpaired) electrons. The Hall–Kier alpha value is -1.91. The summed E-state index contributed by atoms with van der Waals surface area (Å²) in [6, 6.07) is 3.51. The van der Waals surface area contributed by atoms with Crippen LogP contribution in [0.25, 0.3) is 0 Å². The van der Waals surface area contributed by atoms with Crippen molar-refractivity contribution in [3.05, 3.63) is 17.7 Å². The first kappa shape index (κ1) is 12.5. The first-order valence-electron chi connectivity index (χ1n) is 5.67. The molecule has 0 spiro atoms. The van der Waals surface area contributed by atoms with Crippen LogP contribution in [0.1, 0.15) is 25.8 Å². The number of fused-ring (bicyclic) bond motifs is 1. The van der Waals surface area contributed by atoms with E-state index in [1.54, 1.807) is 26.4 Å². The van der Waals surface area contributed by atoms with Crippen LogP contribution >= 0.6 is 0 Å². The van der Waals surface area contributed by atoms with Crippen LogP contribution in [0, 0.1) is 0 Å². The molecule has 1 aliphatic heterocycles. The molecule has 0 aliphatic carbocycles. The van der Waals surface area contributed by atoms with Crippen molar-refractivity contribution >= 4 is 5.71 Å². The third-order valence-corrected chi connectivity index (χ3v) is 2.90. The largest absolute Gasteiger partial charge is 0.493 e. The zero-order valence-electron chi connectivity index (χ0n) is 11.0. The fraction of sp³-hybridized carbons (Fsp3) is 0.462. The van der Waals surface area contributed by atoms with Gasteiger partial charge >= 0.3 is 0 Å². The van der Waals surface area contributed by atoms with E-state index in [1.165, 1.54) is 0 Å². The van der Waals surface area contributed by atoms with Gasteiger partial charge in [-0.2, -0.15) is 0 Å². The molecule has 0 saturated carbocycles. The van der Waals surface area contributed by atoms with Gasteiger partial charge in [0.2, 0.25) is 0 Å². The summed E-state index contributed by atoms with van der Waals surface area (Å²) < 4.78 is 16.3. The van der Waals surface area contributed by atoms with Crippen molar-refractivity contribution in [1.82, 2.24) is 0 Å². The highest BCUT2D eigenvalue weighted by atomic mass is 16.5. The van der Waals surface area contributed by atoms with E-state index in [4.69, 9.17) is 19.4 Å². The maximum Gasteiger partial charge on any atom is 0.164 e. The van der Waals surface area contributed by atoms with Crippen molar-refractivity contribution in [2.75, 3.05) is 14.2 Å². The fourth-order valence-electron chi connectivity index (χ4n) is 2.09. The van der Waals surface area contributed by atoms with E-state index in [1.807, 2.05) is 13.8 Å². The Bertz CT molecular complexity index is 494. The van der Waals surface area contributed by atoms with Crippen molar-refractivity contribution in [3.63, 3.8) is 0 Å². The zero-order chi connectivity index (χ0) is 13.3. The van der Waals surface area contributed by atoms with E-state index in [9.17, 15) is 0 Å². The van der Waals surface area contributed by atoms with Crippen LogP contribution in [0.3, 0.4) is 0 Å². The molecule has 1 heterocycles. The number of methoxy groups -OCH3 is 2. The highest BCUT2D eigenvalue weighted by Gasteiger charge is 2.32. The van der Waals surface area contributed by atoms with Gasteiger partial charge in [0.05, 0.1) is 19.9 Å². The molecule has 2 rings (SSSR count). The van der Waals surface area contributed by atoms with E-state index in [0.29, 0.717) is 29.4 Å². The molecule has 1 N–H and O–H groups in total. The number of benzene rings is 1. The van der Waals surface area contributed by atoms with E-state index in [-0.39, 0.29) is 0 Å². The molecule has 0 bridgehead atoms. The maximum atomic E-state index is 9.12. The average molecular weight is 251 g/mol. The van der Waals surface area contributed by atoms with Crippen LogP contribution in [0.15, 0.2) is 17.3 Å². The Kier molecular flexibility index (Phi) is 3.07. The Morgan fingerprint density at radius 2 is 1.83 bits per heavy atom. The molecule has 1 aliphatic rings. The number of oxime groups is 1. The molecule has 0 fully saturated rings. The number of ether oxygens (including phenoxy) is 3. The van der Waals surface area contributed by atoms with Gasteiger partial charge in [0.1, 0.15) is 11.4 Å². The van der Waals surface area contributed by atoms with Gasteiger partial charge in [-0.3, -0.25) is 0 Å². The van der Waals surface area contributed by atoms with Gasteiger partial charge in [-0.05, 0) is 19.9 Å². The van der Waals surface area contributed by atoms with Gasteiger partial charge in [0, 0.05) is 18.1 Å². The van der Waals surface area contributed by atoms with Gasteiger partial charge < -0.3 is 19.4 Å². The standard InChI is InChI=1S/C13H17NO4/c1-13(2)7-9(14-15)8-5-11(16-3)12(17-4)6-10(8)18-13/h5-6,15H,7H2,1-4H3. The summed E-state index contributed by atoms with van der Waals surface area (Å²) >= 11 is 0. The molecule has 5 nitrogen and oxygen atoms in total. The van der Waals surface area contributed by atoms with Crippen molar-refractivity contribution in [1.29, 1.82) is 0 Å². The minimum atomic E-state index is -0.409. The number of hydrogen-bond acceptors (Lipinski definition) is 5. The molecule has 98 valence electrons. The summed E-state index contributed by atoms with van der Waals surface area (Å²) in [5.41, 5.74) is 0.908. The summed E-state index contributed by atoms with van der Waals surface area (Å²) in [5, 5.41) is 12.5. The van der Waals surface area contributed by atoms with Gasteiger partial charge in [0.25, 0.3) is 0 Å². The predicted octanol–water partition coefficient (Wildman–Crippen LogP) is 2.44. The third-order valence-electron chi connectivity index (χ3n) is 2.90. The smallest absolute Gasteiger partial charge is 0.164 e. The summed E-state index contributed by atoms with van der Waals surface area (Å²) in [7, 11) is 3.13. The average Bonchev–Trinajstić information content (AvgIpc) is 2.35. The third kappa shape index (κ3) is 2.08. The predicted molar refractivity (Wildman–Crippen MR) is 67.2 cm³/mol. The van der Waals surface area contributed by atoms with Gasteiger partial charge in [-0.15, -0.1) is 0 Å². The summed E-state index contributed by atoms with van der Waals surface area (Å²) in [6.45, 7) is 3.88. The van der Waals surface area contributed by atoms with Crippen molar-refractivity contribution < 1.29 is 19.4 Å². The Labute approximate surface area is 106 Å². The van der Waals surface area contributed by atoms with Gasteiger partial charge in [-0.1, -0.05) is 5.16 Å². The number of hydrogen-bond donors (Lipinski definition) is 1. The van der Waals surface area contributed by atoms with Gasteiger partial charge in [0.15, 0.2) is 11.5 Å². The zero-order valence-corrected chi connectivity index (χ0v) is 11.0. The molecule has 0 unspecified atom stereocenters.